The molecule has 0 saturated heterocycles. The van der Waals surface area contributed by atoms with Gasteiger partial charge in [0.25, 0.3) is 0 Å². The molecule has 27 heavy (non-hydrogen) atoms. The SMILES string of the molecule is COc1cc(CN(N)P(=O)(O)C2(N)C=c3ccccc3=C2)cc(OC)c1O. The van der Waals surface area contributed by atoms with E-state index in [4.69, 9.17) is 21.1 Å². The summed E-state index contributed by atoms with van der Waals surface area (Å²) in [6, 6.07) is 10.3. The van der Waals surface area contributed by atoms with Gasteiger partial charge in [0.15, 0.2) is 11.5 Å². The Morgan fingerprint density at radius 1 is 1.11 bits per heavy atom. The molecule has 0 spiro atoms. The molecule has 144 valence electrons. The average Bonchev–Trinajstić information content (AvgIpc) is 3.00. The average molecular weight is 391 g/mol. The topological polar surface area (TPSA) is 131 Å². The molecule has 0 aliphatic heterocycles. The fourth-order valence-corrected chi connectivity index (χ4v) is 4.44. The number of fused-ring (bicyclic) bond motifs is 1. The fraction of sp³-hybridized carbons (Fsp3) is 0.222. The summed E-state index contributed by atoms with van der Waals surface area (Å²) in [4.78, 5) is 10.7. The Balaban J connectivity index is 1.93. The molecule has 0 amide bonds. The van der Waals surface area contributed by atoms with Crippen molar-refractivity contribution in [2.45, 2.75) is 11.8 Å². The van der Waals surface area contributed by atoms with Gasteiger partial charge in [-0.25, -0.2) is 0 Å². The summed E-state index contributed by atoms with van der Waals surface area (Å²) in [5, 5.41) is 9.92. The number of phenols is 1. The van der Waals surface area contributed by atoms with Crippen LogP contribution in [0.3, 0.4) is 0 Å². The summed E-state index contributed by atoms with van der Waals surface area (Å²) >= 11 is 0. The van der Waals surface area contributed by atoms with Crippen LogP contribution < -0.4 is 31.5 Å². The van der Waals surface area contributed by atoms with Crippen LogP contribution in [-0.2, 0) is 11.1 Å². The van der Waals surface area contributed by atoms with Crippen molar-refractivity contribution in [3.8, 4) is 17.2 Å². The Labute approximate surface area is 156 Å². The van der Waals surface area contributed by atoms with Crippen LogP contribution in [0.15, 0.2) is 36.4 Å². The van der Waals surface area contributed by atoms with Crippen molar-refractivity contribution in [2.24, 2.45) is 11.6 Å². The lowest BCUT2D eigenvalue weighted by atomic mass is 10.2. The molecule has 0 bridgehead atoms. The van der Waals surface area contributed by atoms with E-state index in [1.165, 1.54) is 26.4 Å². The maximum absolute atomic E-state index is 13.1. The summed E-state index contributed by atoms with van der Waals surface area (Å²) in [6.45, 7) is -0.113. The number of aromatic hydroxyl groups is 1. The molecule has 0 fully saturated rings. The number of nitrogens with two attached hydrogens (primary N) is 2. The van der Waals surface area contributed by atoms with Crippen LogP contribution in [0.5, 0.6) is 17.2 Å². The van der Waals surface area contributed by atoms with Crippen molar-refractivity contribution in [3.05, 3.63) is 52.4 Å². The van der Waals surface area contributed by atoms with Crippen molar-refractivity contribution < 1.29 is 24.0 Å². The van der Waals surface area contributed by atoms with Crippen LogP contribution in [0.4, 0.5) is 0 Å². The van der Waals surface area contributed by atoms with E-state index < -0.39 is 12.8 Å². The summed E-state index contributed by atoms with van der Waals surface area (Å²) in [5.41, 5.74) is 6.75. The molecule has 0 saturated carbocycles. The van der Waals surface area contributed by atoms with Crippen molar-refractivity contribution in [3.63, 3.8) is 0 Å². The molecule has 2 aromatic carbocycles. The summed E-state index contributed by atoms with van der Waals surface area (Å²) in [5.74, 6) is 6.13. The minimum atomic E-state index is -4.22. The van der Waals surface area contributed by atoms with Gasteiger partial charge >= 0.3 is 7.52 Å². The van der Waals surface area contributed by atoms with Crippen LogP contribution in [-0.4, -0.2) is 34.3 Å². The molecule has 3 rings (SSSR count). The van der Waals surface area contributed by atoms with Crippen molar-refractivity contribution in [1.82, 2.24) is 4.78 Å². The molecule has 1 unspecified atom stereocenters. The highest BCUT2D eigenvalue weighted by Crippen LogP contribution is 2.56. The van der Waals surface area contributed by atoms with Crippen molar-refractivity contribution in [1.29, 1.82) is 0 Å². The minimum absolute atomic E-state index is 0.113. The summed E-state index contributed by atoms with van der Waals surface area (Å²) in [7, 11) is -1.43. The van der Waals surface area contributed by atoms with E-state index in [2.05, 4.69) is 0 Å². The smallest absolute Gasteiger partial charge is 0.310 e. The first-order valence-corrected chi connectivity index (χ1v) is 9.72. The highest BCUT2D eigenvalue weighted by molar-refractivity contribution is 7.58. The summed E-state index contributed by atoms with van der Waals surface area (Å²) in [6.07, 6.45) is 3.09. The maximum atomic E-state index is 13.1. The molecular formula is C18H22N3O5P. The predicted molar refractivity (Wildman–Crippen MR) is 102 cm³/mol. The van der Waals surface area contributed by atoms with Gasteiger partial charge in [0.05, 0.1) is 14.2 Å². The third-order valence-electron chi connectivity index (χ3n) is 4.51. The molecule has 8 nitrogen and oxygen atoms in total. The normalized spacial score (nSPS) is 16.8. The fourth-order valence-electron chi connectivity index (χ4n) is 3.03. The monoisotopic (exact) mass is 391 g/mol. The van der Waals surface area contributed by atoms with Crippen LogP contribution in [0.1, 0.15) is 5.56 Å². The van der Waals surface area contributed by atoms with Gasteiger partial charge in [0, 0.05) is 6.54 Å². The predicted octanol–water partition coefficient (Wildman–Crippen LogP) is 0.200. The van der Waals surface area contributed by atoms with Crippen molar-refractivity contribution >= 4 is 19.7 Å². The van der Waals surface area contributed by atoms with Gasteiger partial charge in [-0.3, -0.25) is 10.4 Å². The molecule has 0 heterocycles. The molecule has 1 aliphatic carbocycles. The van der Waals surface area contributed by atoms with Crippen molar-refractivity contribution in [2.75, 3.05) is 14.2 Å². The number of hydrogen-bond acceptors (Lipinski definition) is 6. The highest BCUT2D eigenvalue weighted by atomic mass is 31.2. The largest absolute Gasteiger partial charge is 0.502 e. The van der Waals surface area contributed by atoms with Gasteiger partial charge in [-0.2, -0.15) is 4.78 Å². The minimum Gasteiger partial charge on any atom is -0.502 e. The maximum Gasteiger partial charge on any atom is 0.310 e. The molecule has 1 atom stereocenters. The van der Waals surface area contributed by atoms with E-state index in [1.807, 2.05) is 24.3 Å². The van der Waals surface area contributed by atoms with E-state index >= 15 is 0 Å². The Bertz CT molecular complexity index is 980. The lowest BCUT2D eigenvalue weighted by Gasteiger charge is -2.32. The molecule has 6 N–H and O–H groups in total. The number of benzene rings is 2. The molecule has 1 aliphatic rings. The second-order valence-corrected chi connectivity index (χ2v) is 8.67. The quantitative estimate of drug-likeness (QED) is 0.312. The van der Waals surface area contributed by atoms with E-state index in [0.717, 1.165) is 15.2 Å². The zero-order valence-corrected chi connectivity index (χ0v) is 15.9. The Morgan fingerprint density at radius 3 is 2.04 bits per heavy atom. The van der Waals surface area contributed by atoms with Gasteiger partial charge in [-0.15, -0.1) is 0 Å². The first-order chi connectivity index (χ1) is 12.7. The summed E-state index contributed by atoms with van der Waals surface area (Å²) < 4.78 is 24.2. The number of methoxy groups -OCH3 is 2. The zero-order valence-electron chi connectivity index (χ0n) is 15.0. The molecule has 0 aromatic heterocycles. The Hall–Kier alpha value is -2.35. The van der Waals surface area contributed by atoms with Crippen LogP contribution in [0, 0.1) is 0 Å². The number of ether oxygens (including phenoxy) is 2. The second-order valence-electron chi connectivity index (χ2n) is 6.30. The Kier molecular flexibility index (Phi) is 5.03. The van der Waals surface area contributed by atoms with Gasteiger partial charge < -0.3 is 25.2 Å². The lowest BCUT2D eigenvalue weighted by Crippen LogP contribution is -2.42. The van der Waals surface area contributed by atoms with E-state index in [1.54, 1.807) is 12.2 Å². The highest BCUT2D eigenvalue weighted by Gasteiger charge is 2.46. The first-order valence-electron chi connectivity index (χ1n) is 8.11. The van der Waals surface area contributed by atoms with Crippen LogP contribution in [0.2, 0.25) is 0 Å². The number of nitrogens with zero attached hydrogens (tertiary/aromatic N) is 1. The number of hydrogen-bond donors (Lipinski definition) is 4. The van der Waals surface area contributed by atoms with Crippen LogP contribution in [0.25, 0.3) is 12.2 Å². The van der Waals surface area contributed by atoms with E-state index in [-0.39, 0.29) is 23.8 Å². The third-order valence-corrected chi connectivity index (χ3v) is 6.61. The Morgan fingerprint density at radius 2 is 1.59 bits per heavy atom. The molecule has 2 aromatic rings. The van der Waals surface area contributed by atoms with E-state index in [9.17, 15) is 14.6 Å². The zero-order chi connectivity index (χ0) is 19.8. The first kappa shape index (κ1) is 19.4. The second kappa shape index (κ2) is 6.99. The van der Waals surface area contributed by atoms with Gasteiger partial charge in [-0.05, 0) is 40.3 Å². The molecule has 0 radical (unpaired) electrons. The lowest BCUT2D eigenvalue weighted by molar-refractivity contribution is 0.328. The standard InChI is InChI=1S/C18H22N3O5P/c1-25-15-7-12(8-16(26-2)17(15)22)11-21(20)27(23,24)18(19)9-13-5-3-4-6-14(13)10-18/h3-10,22H,11,19-20H2,1-2H3,(H,23,24). The number of hydrazine groups is 1. The van der Waals surface area contributed by atoms with Crippen LogP contribution >= 0.6 is 7.52 Å². The van der Waals surface area contributed by atoms with Gasteiger partial charge in [-0.1, -0.05) is 24.3 Å². The third kappa shape index (κ3) is 3.34. The molecule has 9 heteroatoms. The van der Waals surface area contributed by atoms with E-state index in [0.29, 0.717) is 5.56 Å². The number of phenolic OH excluding ortho intramolecular Hbond substituents is 1. The molecular weight excluding hydrogens is 369 g/mol. The van der Waals surface area contributed by atoms with Gasteiger partial charge in [0.2, 0.25) is 5.75 Å². The van der Waals surface area contributed by atoms with Gasteiger partial charge in [0.1, 0.15) is 5.28 Å². The number of rotatable bonds is 6.